The van der Waals surface area contributed by atoms with E-state index in [0.717, 1.165) is 35.5 Å². The van der Waals surface area contributed by atoms with E-state index in [0.29, 0.717) is 6.61 Å². The van der Waals surface area contributed by atoms with Crippen molar-refractivity contribution in [3.63, 3.8) is 0 Å². The Balaban J connectivity index is 1.82. The van der Waals surface area contributed by atoms with Crippen LogP contribution in [-0.4, -0.2) is 20.3 Å². The van der Waals surface area contributed by atoms with Crippen LogP contribution in [0.1, 0.15) is 18.1 Å². The third-order valence-electron chi connectivity index (χ3n) is 3.39. The Morgan fingerprint density at radius 1 is 1.09 bits per heavy atom. The van der Waals surface area contributed by atoms with Gasteiger partial charge in [-0.15, -0.1) is 0 Å². The molecule has 2 aromatic carbocycles. The SMILES string of the molecule is CCOc1ccc(CNCCc2ccccc2OC)cc1Br. The molecule has 0 fully saturated rings. The first-order valence-electron chi connectivity index (χ1n) is 7.48. The van der Waals surface area contributed by atoms with E-state index in [9.17, 15) is 0 Å². The quantitative estimate of drug-likeness (QED) is 0.713. The standard InChI is InChI=1S/C18H22BrNO2/c1-3-22-18-9-8-14(12-16(18)19)13-20-11-10-15-6-4-5-7-17(15)21-2/h4-9,12,20H,3,10-11,13H2,1-2H3. The smallest absolute Gasteiger partial charge is 0.133 e. The first-order chi connectivity index (χ1) is 10.7. The van der Waals surface area contributed by atoms with Crippen LogP contribution in [0.2, 0.25) is 0 Å². The molecule has 0 bridgehead atoms. The van der Waals surface area contributed by atoms with Gasteiger partial charge in [0.15, 0.2) is 0 Å². The number of hydrogen-bond donors (Lipinski definition) is 1. The summed E-state index contributed by atoms with van der Waals surface area (Å²) in [6.45, 7) is 4.40. The molecular weight excluding hydrogens is 342 g/mol. The molecule has 0 aliphatic heterocycles. The van der Waals surface area contributed by atoms with Crippen LogP contribution >= 0.6 is 15.9 Å². The molecule has 0 unspecified atom stereocenters. The van der Waals surface area contributed by atoms with Crippen molar-refractivity contribution in [2.24, 2.45) is 0 Å². The highest BCUT2D eigenvalue weighted by atomic mass is 79.9. The Hall–Kier alpha value is -1.52. The molecule has 0 atom stereocenters. The van der Waals surface area contributed by atoms with E-state index in [1.54, 1.807) is 7.11 Å². The minimum Gasteiger partial charge on any atom is -0.496 e. The summed E-state index contributed by atoms with van der Waals surface area (Å²) in [4.78, 5) is 0. The van der Waals surface area contributed by atoms with Crippen LogP contribution in [0.5, 0.6) is 11.5 Å². The molecule has 0 saturated heterocycles. The van der Waals surface area contributed by atoms with E-state index in [4.69, 9.17) is 9.47 Å². The summed E-state index contributed by atoms with van der Waals surface area (Å²) in [5, 5.41) is 3.46. The summed E-state index contributed by atoms with van der Waals surface area (Å²) in [5.74, 6) is 1.84. The average Bonchev–Trinajstić information content (AvgIpc) is 2.54. The van der Waals surface area contributed by atoms with Gasteiger partial charge in [0.05, 0.1) is 18.2 Å². The van der Waals surface area contributed by atoms with Gasteiger partial charge in [0, 0.05) is 6.54 Å². The van der Waals surface area contributed by atoms with E-state index < -0.39 is 0 Å². The van der Waals surface area contributed by atoms with E-state index in [2.05, 4.69) is 39.4 Å². The van der Waals surface area contributed by atoms with Gasteiger partial charge in [0.2, 0.25) is 0 Å². The highest BCUT2D eigenvalue weighted by Crippen LogP contribution is 2.26. The maximum atomic E-state index is 5.52. The maximum Gasteiger partial charge on any atom is 0.133 e. The van der Waals surface area contributed by atoms with Crippen molar-refractivity contribution in [3.05, 3.63) is 58.1 Å². The topological polar surface area (TPSA) is 30.5 Å². The lowest BCUT2D eigenvalue weighted by Gasteiger charge is -2.10. The van der Waals surface area contributed by atoms with Crippen LogP contribution in [-0.2, 0) is 13.0 Å². The fourth-order valence-electron chi connectivity index (χ4n) is 2.29. The second-order valence-corrected chi connectivity index (χ2v) is 5.79. The third-order valence-corrected chi connectivity index (χ3v) is 4.01. The Morgan fingerprint density at radius 3 is 2.64 bits per heavy atom. The number of benzene rings is 2. The van der Waals surface area contributed by atoms with E-state index >= 15 is 0 Å². The molecule has 0 aromatic heterocycles. The van der Waals surface area contributed by atoms with Gasteiger partial charge in [-0.05, 0) is 65.1 Å². The summed E-state index contributed by atoms with van der Waals surface area (Å²) in [5.41, 5.74) is 2.46. The second-order valence-electron chi connectivity index (χ2n) is 4.94. The van der Waals surface area contributed by atoms with Crippen molar-refractivity contribution in [3.8, 4) is 11.5 Å². The number of para-hydroxylation sites is 1. The molecule has 3 nitrogen and oxygen atoms in total. The largest absolute Gasteiger partial charge is 0.496 e. The van der Waals surface area contributed by atoms with Crippen molar-refractivity contribution in [2.75, 3.05) is 20.3 Å². The molecule has 0 aliphatic carbocycles. The summed E-state index contributed by atoms with van der Waals surface area (Å²) in [7, 11) is 1.71. The predicted molar refractivity (Wildman–Crippen MR) is 93.7 cm³/mol. The molecular formula is C18H22BrNO2. The highest BCUT2D eigenvalue weighted by Gasteiger charge is 2.03. The van der Waals surface area contributed by atoms with Gasteiger partial charge in [-0.25, -0.2) is 0 Å². The van der Waals surface area contributed by atoms with Crippen molar-refractivity contribution in [1.82, 2.24) is 5.32 Å². The maximum absolute atomic E-state index is 5.52. The van der Waals surface area contributed by atoms with E-state index in [-0.39, 0.29) is 0 Å². The van der Waals surface area contributed by atoms with Gasteiger partial charge in [0.1, 0.15) is 11.5 Å². The lowest BCUT2D eigenvalue weighted by Crippen LogP contribution is -2.17. The second kappa shape index (κ2) is 8.81. The van der Waals surface area contributed by atoms with Gasteiger partial charge >= 0.3 is 0 Å². The monoisotopic (exact) mass is 363 g/mol. The van der Waals surface area contributed by atoms with E-state index in [1.807, 2.05) is 31.2 Å². The Labute approximate surface area is 140 Å². The van der Waals surface area contributed by atoms with Crippen molar-refractivity contribution in [1.29, 1.82) is 0 Å². The molecule has 4 heteroatoms. The summed E-state index contributed by atoms with van der Waals surface area (Å²) in [6.07, 6.45) is 0.947. The Kier molecular flexibility index (Phi) is 6.74. The van der Waals surface area contributed by atoms with Crippen molar-refractivity contribution < 1.29 is 9.47 Å². The molecule has 2 aromatic rings. The minimum atomic E-state index is 0.676. The number of rotatable bonds is 8. The van der Waals surface area contributed by atoms with Crippen LogP contribution in [0.3, 0.4) is 0 Å². The van der Waals surface area contributed by atoms with Gasteiger partial charge in [-0.2, -0.15) is 0 Å². The highest BCUT2D eigenvalue weighted by molar-refractivity contribution is 9.10. The zero-order valence-electron chi connectivity index (χ0n) is 13.1. The van der Waals surface area contributed by atoms with Crippen LogP contribution in [0.25, 0.3) is 0 Å². The molecule has 0 heterocycles. The Bertz CT molecular complexity index is 601. The number of ether oxygens (including phenoxy) is 2. The van der Waals surface area contributed by atoms with Crippen molar-refractivity contribution >= 4 is 15.9 Å². The first kappa shape index (κ1) is 16.8. The molecule has 1 N–H and O–H groups in total. The van der Waals surface area contributed by atoms with Crippen LogP contribution in [0, 0.1) is 0 Å². The normalized spacial score (nSPS) is 10.5. The molecule has 0 saturated carbocycles. The van der Waals surface area contributed by atoms with Gasteiger partial charge < -0.3 is 14.8 Å². The Morgan fingerprint density at radius 2 is 1.91 bits per heavy atom. The summed E-state index contributed by atoms with van der Waals surface area (Å²) in [6, 6.07) is 14.3. The molecule has 0 spiro atoms. The average molecular weight is 364 g/mol. The third kappa shape index (κ3) is 4.75. The van der Waals surface area contributed by atoms with Gasteiger partial charge in [-0.1, -0.05) is 24.3 Å². The molecule has 0 aliphatic rings. The first-order valence-corrected chi connectivity index (χ1v) is 8.27. The van der Waals surface area contributed by atoms with Gasteiger partial charge in [0.25, 0.3) is 0 Å². The minimum absolute atomic E-state index is 0.676. The number of methoxy groups -OCH3 is 1. The molecule has 2 rings (SSSR count). The summed E-state index contributed by atoms with van der Waals surface area (Å²) >= 11 is 3.54. The zero-order chi connectivity index (χ0) is 15.8. The van der Waals surface area contributed by atoms with Crippen LogP contribution in [0.15, 0.2) is 46.9 Å². The number of halogens is 1. The van der Waals surface area contributed by atoms with E-state index in [1.165, 1.54) is 11.1 Å². The van der Waals surface area contributed by atoms with Crippen LogP contribution in [0.4, 0.5) is 0 Å². The zero-order valence-corrected chi connectivity index (χ0v) is 14.7. The fourth-order valence-corrected chi connectivity index (χ4v) is 2.83. The molecule has 0 amide bonds. The molecule has 118 valence electrons. The van der Waals surface area contributed by atoms with Crippen LogP contribution < -0.4 is 14.8 Å². The number of nitrogens with one attached hydrogen (secondary N) is 1. The number of hydrogen-bond acceptors (Lipinski definition) is 3. The lowest BCUT2D eigenvalue weighted by atomic mass is 10.1. The van der Waals surface area contributed by atoms with Gasteiger partial charge in [-0.3, -0.25) is 0 Å². The van der Waals surface area contributed by atoms with Crippen molar-refractivity contribution in [2.45, 2.75) is 19.9 Å². The lowest BCUT2D eigenvalue weighted by molar-refractivity contribution is 0.338. The molecule has 0 radical (unpaired) electrons. The summed E-state index contributed by atoms with van der Waals surface area (Å²) < 4.78 is 11.9. The fraction of sp³-hybridized carbons (Fsp3) is 0.333. The molecule has 22 heavy (non-hydrogen) atoms. The predicted octanol–water partition coefficient (Wildman–Crippen LogP) is 4.19.